The summed E-state index contributed by atoms with van der Waals surface area (Å²) in [6.07, 6.45) is 6.20. The Morgan fingerprint density at radius 2 is 2.33 bits per heavy atom. The average molecular weight is 226 g/mol. The van der Waals surface area contributed by atoms with Gasteiger partial charge in [-0.2, -0.15) is 0 Å². The molecule has 1 fully saturated rings. The molecule has 0 amide bonds. The molecule has 2 N–H and O–H groups in total. The highest BCUT2D eigenvalue weighted by atomic mass is 32.1. The molecule has 1 aliphatic carbocycles. The summed E-state index contributed by atoms with van der Waals surface area (Å²) in [5.74, 6) is 0. The maximum atomic E-state index is 9.78. The van der Waals surface area contributed by atoms with Crippen molar-refractivity contribution in [1.29, 1.82) is 0 Å². The third-order valence-electron chi connectivity index (χ3n) is 2.94. The lowest BCUT2D eigenvalue weighted by atomic mass is 9.93. The fourth-order valence-electron chi connectivity index (χ4n) is 2.07. The van der Waals surface area contributed by atoms with E-state index in [9.17, 15) is 5.11 Å². The molecular weight excluding hydrogens is 208 g/mol. The highest BCUT2D eigenvalue weighted by molar-refractivity contribution is 7.11. The predicted molar refractivity (Wildman–Crippen MR) is 62.0 cm³/mol. The van der Waals surface area contributed by atoms with Crippen LogP contribution < -0.4 is 5.32 Å². The van der Waals surface area contributed by atoms with Crippen LogP contribution in [0.15, 0.2) is 6.20 Å². The minimum absolute atomic E-state index is 0.159. The van der Waals surface area contributed by atoms with Crippen molar-refractivity contribution in [1.82, 2.24) is 10.3 Å². The molecule has 0 radical (unpaired) electrons. The van der Waals surface area contributed by atoms with E-state index in [1.54, 1.807) is 11.3 Å². The van der Waals surface area contributed by atoms with Gasteiger partial charge >= 0.3 is 0 Å². The molecule has 15 heavy (non-hydrogen) atoms. The Bertz CT molecular complexity index is 313. The summed E-state index contributed by atoms with van der Waals surface area (Å²) in [6.45, 7) is 2.86. The third kappa shape index (κ3) is 3.00. The highest BCUT2D eigenvalue weighted by Gasteiger charge is 2.22. The van der Waals surface area contributed by atoms with Crippen molar-refractivity contribution in [2.45, 2.75) is 51.3 Å². The Morgan fingerprint density at radius 3 is 3.00 bits per heavy atom. The summed E-state index contributed by atoms with van der Waals surface area (Å²) >= 11 is 1.72. The largest absolute Gasteiger partial charge is 0.392 e. The standard InChI is InChI=1S/C11H18N2OS/c1-8-12-6-9(15-8)7-13-10-4-2-3-5-11(10)14/h6,10-11,13-14H,2-5,7H2,1H3. The minimum atomic E-state index is -0.159. The van der Waals surface area contributed by atoms with E-state index >= 15 is 0 Å². The first-order valence-corrected chi connectivity index (χ1v) is 6.40. The topological polar surface area (TPSA) is 45.2 Å². The summed E-state index contributed by atoms with van der Waals surface area (Å²) in [6, 6.07) is 0.279. The number of nitrogens with one attached hydrogen (secondary N) is 1. The Morgan fingerprint density at radius 1 is 1.53 bits per heavy atom. The van der Waals surface area contributed by atoms with Gasteiger partial charge in [-0.1, -0.05) is 12.8 Å². The van der Waals surface area contributed by atoms with Crippen LogP contribution in [0.2, 0.25) is 0 Å². The minimum Gasteiger partial charge on any atom is -0.392 e. The number of nitrogens with zero attached hydrogens (tertiary/aromatic N) is 1. The Balaban J connectivity index is 1.81. The van der Waals surface area contributed by atoms with Crippen LogP contribution in [0.4, 0.5) is 0 Å². The molecule has 1 aliphatic rings. The van der Waals surface area contributed by atoms with Crippen LogP contribution in [0.5, 0.6) is 0 Å². The molecule has 4 heteroatoms. The van der Waals surface area contributed by atoms with E-state index in [-0.39, 0.29) is 12.1 Å². The van der Waals surface area contributed by atoms with Gasteiger partial charge in [0.25, 0.3) is 0 Å². The van der Waals surface area contributed by atoms with E-state index in [4.69, 9.17) is 0 Å². The fourth-order valence-corrected chi connectivity index (χ4v) is 2.81. The highest BCUT2D eigenvalue weighted by Crippen LogP contribution is 2.19. The van der Waals surface area contributed by atoms with Crippen LogP contribution in [0.1, 0.15) is 35.6 Å². The Labute approximate surface area is 94.5 Å². The Hall–Kier alpha value is -0.450. The van der Waals surface area contributed by atoms with Gasteiger partial charge in [-0.3, -0.25) is 0 Å². The molecule has 3 nitrogen and oxygen atoms in total. The van der Waals surface area contributed by atoms with Crippen LogP contribution in [-0.2, 0) is 6.54 Å². The molecule has 1 aromatic heterocycles. The van der Waals surface area contributed by atoms with Crippen molar-refractivity contribution >= 4 is 11.3 Å². The summed E-state index contributed by atoms with van der Waals surface area (Å²) in [7, 11) is 0. The second kappa shape index (κ2) is 5.05. The molecule has 1 saturated carbocycles. The number of aliphatic hydroxyl groups excluding tert-OH is 1. The van der Waals surface area contributed by atoms with E-state index in [0.29, 0.717) is 0 Å². The lowest BCUT2D eigenvalue weighted by molar-refractivity contribution is 0.0904. The van der Waals surface area contributed by atoms with Crippen LogP contribution in [0.25, 0.3) is 0 Å². The number of aromatic nitrogens is 1. The maximum absolute atomic E-state index is 9.78. The van der Waals surface area contributed by atoms with Gasteiger partial charge in [-0.25, -0.2) is 4.98 Å². The first kappa shape index (κ1) is 11.0. The first-order chi connectivity index (χ1) is 7.25. The number of hydrogen-bond acceptors (Lipinski definition) is 4. The summed E-state index contributed by atoms with van der Waals surface area (Å²) in [5, 5.41) is 14.3. The average Bonchev–Trinajstić information content (AvgIpc) is 2.63. The molecule has 0 aromatic carbocycles. The molecule has 0 saturated heterocycles. The number of rotatable bonds is 3. The quantitative estimate of drug-likeness (QED) is 0.826. The molecule has 0 aliphatic heterocycles. The lowest BCUT2D eigenvalue weighted by Crippen LogP contribution is -2.41. The monoisotopic (exact) mass is 226 g/mol. The predicted octanol–water partition coefficient (Wildman–Crippen LogP) is 1.84. The summed E-state index contributed by atoms with van der Waals surface area (Å²) in [4.78, 5) is 5.47. The number of aliphatic hydroxyl groups is 1. The SMILES string of the molecule is Cc1ncc(CNC2CCCCC2O)s1. The van der Waals surface area contributed by atoms with E-state index in [1.165, 1.54) is 17.7 Å². The third-order valence-corrected chi connectivity index (χ3v) is 3.85. The number of thiazole rings is 1. The van der Waals surface area contributed by atoms with Gasteiger partial charge < -0.3 is 10.4 Å². The molecule has 0 bridgehead atoms. The summed E-state index contributed by atoms with van der Waals surface area (Å²) in [5.41, 5.74) is 0. The Kier molecular flexibility index (Phi) is 3.72. The van der Waals surface area contributed by atoms with Gasteiger partial charge in [-0.15, -0.1) is 11.3 Å². The zero-order valence-corrected chi connectivity index (χ0v) is 9.89. The van der Waals surface area contributed by atoms with E-state index in [0.717, 1.165) is 24.4 Å². The van der Waals surface area contributed by atoms with Crippen LogP contribution in [0, 0.1) is 6.92 Å². The zero-order valence-electron chi connectivity index (χ0n) is 9.07. The van der Waals surface area contributed by atoms with Crippen LogP contribution >= 0.6 is 11.3 Å². The maximum Gasteiger partial charge on any atom is 0.0897 e. The van der Waals surface area contributed by atoms with Crippen molar-refractivity contribution in [3.05, 3.63) is 16.1 Å². The molecule has 2 atom stereocenters. The van der Waals surface area contributed by atoms with Crippen molar-refractivity contribution < 1.29 is 5.11 Å². The molecule has 1 aromatic rings. The van der Waals surface area contributed by atoms with Gasteiger partial charge in [0.15, 0.2) is 0 Å². The van der Waals surface area contributed by atoms with Crippen LogP contribution in [-0.4, -0.2) is 22.2 Å². The van der Waals surface area contributed by atoms with Gasteiger partial charge in [0.2, 0.25) is 0 Å². The molecule has 2 unspecified atom stereocenters. The van der Waals surface area contributed by atoms with Crippen molar-refractivity contribution in [2.75, 3.05) is 0 Å². The number of hydrogen-bond donors (Lipinski definition) is 2. The second-order valence-corrected chi connectivity index (χ2v) is 5.50. The second-order valence-electron chi connectivity index (χ2n) is 4.18. The fraction of sp³-hybridized carbons (Fsp3) is 0.727. The summed E-state index contributed by atoms with van der Waals surface area (Å²) < 4.78 is 0. The van der Waals surface area contributed by atoms with Crippen molar-refractivity contribution in [2.24, 2.45) is 0 Å². The zero-order chi connectivity index (χ0) is 10.7. The molecule has 84 valence electrons. The van der Waals surface area contributed by atoms with E-state index in [1.807, 2.05) is 13.1 Å². The normalized spacial score (nSPS) is 26.8. The van der Waals surface area contributed by atoms with Gasteiger partial charge in [0.05, 0.1) is 11.1 Å². The van der Waals surface area contributed by atoms with Gasteiger partial charge in [0.1, 0.15) is 0 Å². The van der Waals surface area contributed by atoms with E-state index in [2.05, 4.69) is 10.3 Å². The van der Waals surface area contributed by atoms with Gasteiger partial charge in [-0.05, 0) is 19.8 Å². The molecule has 2 rings (SSSR count). The van der Waals surface area contributed by atoms with Gasteiger partial charge in [0, 0.05) is 23.7 Å². The van der Waals surface area contributed by atoms with Crippen molar-refractivity contribution in [3.63, 3.8) is 0 Å². The lowest BCUT2D eigenvalue weighted by Gasteiger charge is -2.28. The smallest absolute Gasteiger partial charge is 0.0897 e. The van der Waals surface area contributed by atoms with Crippen molar-refractivity contribution in [3.8, 4) is 0 Å². The van der Waals surface area contributed by atoms with Crippen LogP contribution in [0.3, 0.4) is 0 Å². The first-order valence-electron chi connectivity index (χ1n) is 5.58. The molecular formula is C11H18N2OS. The number of aryl methyl sites for hydroxylation is 1. The molecule has 0 spiro atoms. The molecule has 1 heterocycles. The van der Waals surface area contributed by atoms with E-state index < -0.39 is 0 Å².